The zero-order chi connectivity index (χ0) is 13.6. The van der Waals surface area contributed by atoms with Crippen LogP contribution in [0.1, 0.15) is 11.1 Å². The largest absolute Gasteiger partial charge is 0.492 e. The molecule has 0 aliphatic rings. The molecule has 0 saturated carbocycles. The van der Waals surface area contributed by atoms with Gasteiger partial charge in [0.2, 0.25) is 0 Å². The first-order valence-electron chi connectivity index (χ1n) is 5.43. The minimum Gasteiger partial charge on any atom is -0.492 e. The van der Waals surface area contributed by atoms with E-state index in [-0.39, 0.29) is 19.0 Å². The lowest BCUT2D eigenvalue weighted by Crippen LogP contribution is -2.12. The van der Waals surface area contributed by atoms with Crippen LogP contribution in [0.4, 0.5) is 0 Å². The Labute approximate surface area is 108 Å². The third kappa shape index (κ3) is 5.21. The van der Waals surface area contributed by atoms with Crippen LogP contribution in [0.2, 0.25) is 0 Å². The average molecular weight is 268 g/mol. The number of rotatable bonds is 4. The normalized spacial score (nSPS) is 10.6. The highest BCUT2D eigenvalue weighted by molar-refractivity contribution is 7.90. The first kappa shape index (κ1) is 14.6. The van der Waals surface area contributed by atoms with Gasteiger partial charge in [-0.3, -0.25) is 0 Å². The molecule has 5 heteroatoms. The van der Waals surface area contributed by atoms with Crippen molar-refractivity contribution in [2.24, 2.45) is 0 Å². The highest BCUT2D eigenvalue weighted by atomic mass is 32.2. The van der Waals surface area contributed by atoms with Gasteiger partial charge in [0.05, 0.1) is 5.75 Å². The summed E-state index contributed by atoms with van der Waals surface area (Å²) in [5, 5.41) is 8.59. The zero-order valence-corrected chi connectivity index (χ0v) is 11.3. The van der Waals surface area contributed by atoms with Gasteiger partial charge in [0, 0.05) is 11.8 Å². The second kappa shape index (κ2) is 6.43. The van der Waals surface area contributed by atoms with Crippen LogP contribution >= 0.6 is 0 Å². The van der Waals surface area contributed by atoms with Crippen molar-refractivity contribution in [3.63, 3.8) is 0 Å². The maximum absolute atomic E-state index is 11.0. The van der Waals surface area contributed by atoms with Crippen molar-refractivity contribution in [2.75, 3.05) is 25.2 Å². The van der Waals surface area contributed by atoms with Crippen LogP contribution in [0.3, 0.4) is 0 Å². The third-order valence-corrected chi connectivity index (χ3v) is 3.11. The average Bonchev–Trinajstić information content (AvgIpc) is 2.27. The molecule has 0 atom stereocenters. The minimum absolute atomic E-state index is 0.00148. The van der Waals surface area contributed by atoms with Crippen LogP contribution in [-0.2, 0) is 9.84 Å². The Morgan fingerprint density at radius 3 is 2.67 bits per heavy atom. The number of ether oxygens (including phenoxy) is 1. The lowest BCUT2D eigenvalue weighted by Gasteiger charge is -2.08. The van der Waals surface area contributed by atoms with Gasteiger partial charge in [0.25, 0.3) is 0 Å². The van der Waals surface area contributed by atoms with E-state index in [4.69, 9.17) is 9.84 Å². The summed E-state index contributed by atoms with van der Waals surface area (Å²) in [5.41, 5.74) is 1.67. The molecule has 0 bridgehead atoms. The Hall–Kier alpha value is -1.51. The standard InChI is InChI=1S/C13H16O4S/c1-11-10-12(4-3-7-14)5-6-13(11)17-8-9-18(2,15)16/h5-6,10,14H,7-9H2,1-2H3. The molecule has 98 valence electrons. The molecule has 0 unspecified atom stereocenters. The Balaban J connectivity index is 2.68. The number of hydrogen-bond acceptors (Lipinski definition) is 4. The van der Waals surface area contributed by atoms with Crippen molar-refractivity contribution in [2.45, 2.75) is 6.92 Å². The number of aliphatic hydroxyl groups excluding tert-OH is 1. The van der Waals surface area contributed by atoms with E-state index in [0.717, 1.165) is 11.1 Å². The third-order valence-electron chi connectivity index (χ3n) is 2.20. The molecule has 1 aromatic carbocycles. The summed E-state index contributed by atoms with van der Waals surface area (Å²) in [6.07, 6.45) is 1.18. The lowest BCUT2D eigenvalue weighted by molar-refractivity contribution is 0.338. The summed E-state index contributed by atoms with van der Waals surface area (Å²) in [6.45, 7) is 1.83. The molecule has 0 aliphatic carbocycles. The van der Waals surface area contributed by atoms with E-state index in [9.17, 15) is 8.42 Å². The fourth-order valence-corrected chi connectivity index (χ4v) is 1.72. The molecule has 0 aliphatic heterocycles. The van der Waals surface area contributed by atoms with E-state index in [0.29, 0.717) is 5.75 Å². The monoisotopic (exact) mass is 268 g/mol. The molecular weight excluding hydrogens is 252 g/mol. The van der Waals surface area contributed by atoms with E-state index in [1.54, 1.807) is 12.1 Å². The van der Waals surface area contributed by atoms with Crippen molar-refractivity contribution in [1.82, 2.24) is 0 Å². The van der Waals surface area contributed by atoms with Crippen LogP contribution in [0.25, 0.3) is 0 Å². The number of aryl methyl sites for hydroxylation is 1. The van der Waals surface area contributed by atoms with E-state index in [2.05, 4.69) is 11.8 Å². The summed E-state index contributed by atoms with van der Waals surface area (Å²) < 4.78 is 27.3. The molecule has 18 heavy (non-hydrogen) atoms. The predicted octanol–water partition coefficient (Wildman–Crippen LogP) is 0.762. The molecule has 0 saturated heterocycles. The SMILES string of the molecule is Cc1cc(C#CCO)ccc1OCCS(C)(=O)=O. The zero-order valence-electron chi connectivity index (χ0n) is 10.4. The molecule has 0 aromatic heterocycles. The molecule has 0 heterocycles. The Bertz CT molecular complexity index is 564. The van der Waals surface area contributed by atoms with Gasteiger partial charge in [-0.1, -0.05) is 11.8 Å². The van der Waals surface area contributed by atoms with E-state index >= 15 is 0 Å². The van der Waals surface area contributed by atoms with E-state index in [1.807, 2.05) is 13.0 Å². The van der Waals surface area contributed by atoms with Crippen LogP contribution < -0.4 is 4.74 Å². The van der Waals surface area contributed by atoms with E-state index in [1.165, 1.54) is 6.26 Å². The molecule has 0 fully saturated rings. The summed E-state index contributed by atoms with van der Waals surface area (Å²) in [4.78, 5) is 0. The maximum atomic E-state index is 11.0. The fraction of sp³-hybridized carbons (Fsp3) is 0.385. The van der Waals surface area contributed by atoms with Gasteiger partial charge in [-0.05, 0) is 30.7 Å². The van der Waals surface area contributed by atoms with Gasteiger partial charge in [0.1, 0.15) is 19.0 Å². The molecule has 0 amide bonds. The predicted molar refractivity (Wildman–Crippen MR) is 70.3 cm³/mol. The minimum atomic E-state index is -3.00. The molecule has 1 aromatic rings. The highest BCUT2D eigenvalue weighted by Crippen LogP contribution is 2.18. The van der Waals surface area contributed by atoms with Crippen LogP contribution in [-0.4, -0.2) is 38.7 Å². The number of sulfone groups is 1. The molecular formula is C13H16O4S. The lowest BCUT2D eigenvalue weighted by atomic mass is 10.1. The molecule has 4 nitrogen and oxygen atoms in total. The fourth-order valence-electron chi connectivity index (χ4n) is 1.33. The van der Waals surface area contributed by atoms with Gasteiger partial charge in [-0.25, -0.2) is 8.42 Å². The van der Waals surface area contributed by atoms with Crippen molar-refractivity contribution < 1.29 is 18.3 Å². The van der Waals surface area contributed by atoms with Gasteiger partial charge in [0.15, 0.2) is 9.84 Å². The number of hydrogen-bond donors (Lipinski definition) is 1. The first-order valence-corrected chi connectivity index (χ1v) is 7.49. The first-order chi connectivity index (χ1) is 8.42. The smallest absolute Gasteiger partial charge is 0.150 e. The summed E-state index contributed by atoms with van der Waals surface area (Å²) in [5.74, 6) is 6.00. The highest BCUT2D eigenvalue weighted by Gasteiger charge is 2.04. The van der Waals surface area contributed by atoms with Crippen LogP contribution in [0.5, 0.6) is 5.75 Å². The Morgan fingerprint density at radius 1 is 1.39 bits per heavy atom. The summed E-state index contributed by atoms with van der Waals surface area (Å²) in [7, 11) is -3.00. The van der Waals surface area contributed by atoms with Gasteiger partial charge >= 0.3 is 0 Å². The van der Waals surface area contributed by atoms with Crippen molar-refractivity contribution >= 4 is 9.84 Å². The second-order valence-corrected chi connectivity index (χ2v) is 6.18. The quantitative estimate of drug-likeness (QED) is 0.819. The second-order valence-electron chi connectivity index (χ2n) is 3.92. The number of benzene rings is 1. The molecule has 1 N–H and O–H groups in total. The van der Waals surface area contributed by atoms with Gasteiger partial charge in [-0.15, -0.1) is 0 Å². The topological polar surface area (TPSA) is 63.6 Å². The summed E-state index contributed by atoms with van der Waals surface area (Å²) >= 11 is 0. The van der Waals surface area contributed by atoms with Crippen LogP contribution in [0.15, 0.2) is 18.2 Å². The van der Waals surface area contributed by atoms with Crippen LogP contribution in [0, 0.1) is 18.8 Å². The van der Waals surface area contributed by atoms with Crippen molar-refractivity contribution in [3.8, 4) is 17.6 Å². The molecule has 0 spiro atoms. The van der Waals surface area contributed by atoms with Gasteiger partial charge in [-0.2, -0.15) is 0 Å². The van der Waals surface area contributed by atoms with Gasteiger partial charge < -0.3 is 9.84 Å². The maximum Gasteiger partial charge on any atom is 0.150 e. The Morgan fingerprint density at radius 2 is 2.11 bits per heavy atom. The van der Waals surface area contributed by atoms with Crippen molar-refractivity contribution in [3.05, 3.63) is 29.3 Å². The molecule has 1 rings (SSSR count). The summed E-state index contributed by atoms with van der Waals surface area (Å²) in [6, 6.07) is 5.35. The van der Waals surface area contributed by atoms with Crippen molar-refractivity contribution in [1.29, 1.82) is 0 Å². The number of aliphatic hydroxyl groups is 1. The van der Waals surface area contributed by atoms with E-state index < -0.39 is 9.84 Å². The Kier molecular flexibility index (Phi) is 5.20. The molecule has 0 radical (unpaired) electrons.